The van der Waals surface area contributed by atoms with Gasteiger partial charge in [0.05, 0.1) is 27.8 Å². The van der Waals surface area contributed by atoms with Gasteiger partial charge in [0.2, 0.25) is 0 Å². The van der Waals surface area contributed by atoms with Gasteiger partial charge < -0.3 is 14.4 Å². The Morgan fingerprint density at radius 1 is 1.21 bits per heavy atom. The van der Waals surface area contributed by atoms with Gasteiger partial charge in [-0.3, -0.25) is 10.1 Å². The van der Waals surface area contributed by atoms with Gasteiger partial charge in [-0.25, -0.2) is 0 Å². The Bertz CT molecular complexity index is 573. The number of nitro benzene ring substituents is 1. The Hall–Kier alpha value is -1.37. The molecule has 0 amide bonds. The normalized spacial score (nSPS) is 20.3. The number of rotatable bonds is 4. The number of benzene rings is 1. The first-order chi connectivity index (χ1) is 11.5. The summed E-state index contributed by atoms with van der Waals surface area (Å²) in [5.74, 6) is 0. The molecule has 132 valence electrons. The van der Waals surface area contributed by atoms with E-state index in [1.807, 2.05) is 6.92 Å². The number of aryl methyl sites for hydroxylation is 1. The van der Waals surface area contributed by atoms with Crippen LogP contribution in [0.1, 0.15) is 31.2 Å². The van der Waals surface area contributed by atoms with Crippen LogP contribution in [0.15, 0.2) is 12.1 Å². The van der Waals surface area contributed by atoms with E-state index >= 15 is 0 Å². The molecular formula is C17H23ClN2O4. The summed E-state index contributed by atoms with van der Waals surface area (Å²) in [4.78, 5) is 12.7. The summed E-state index contributed by atoms with van der Waals surface area (Å²) >= 11 is 6.31. The number of nitrogens with zero attached hydrogens (tertiary/aromatic N) is 2. The molecule has 0 bridgehead atoms. The minimum atomic E-state index is -0.406. The van der Waals surface area contributed by atoms with Gasteiger partial charge in [0.25, 0.3) is 5.69 Å². The Kier molecular flexibility index (Phi) is 5.58. The molecule has 7 heteroatoms. The van der Waals surface area contributed by atoms with Crippen LogP contribution in [0.5, 0.6) is 0 Å². The zero-order valence-corrected chi connectivity index (χ0v) is 14.6. The van der Waals surface area contributed by atoms with Crippen molar-refractivity contribution < 1.29 is 14.4 Å². The van der Waals surface area contributed by atoms with Crippen molar-refractivity contribution in [2.45, 2.75) is 44.8 Å². The second kappa shape index (κ2) is 7.68. The third-order valence-electron chi connectivity index (χ3n) is 4.76. The van der Waals surface area contributed by atoms with Crippen molar-refractivity contribution in [1.82, 2.24) is 0 Å². The second-order valence-electron chi connectivity index (χ2n) is 6.48. The highest BCUT2D eigenvalue weighted by molar-refractivity contribution is 6.33. The molecule has 0 radical (unpaired) electrons. The predicted octanol–water partition coefficient (Wildman–Crippen LogP) is 3.72. The maximum atomic E-state index is 10.9. The SMILES string of the molecule is Cc1cc([N+](=O)[O-])cc(Cl)c1N1CCC(OC2CCOCC2)CC1. The third-order valence-corrected chi connectivity index (χ3v) is 5.05. The standard InChI is InChI=1S/C17H23ClN2O4/c1-12-10-13(20(21)22)11-16(18)17(12)19-6-2-14(3-7-19)24-15-4-8-23-9-5-15/h10-11,14-15H,2-9H2,1H3. The quantitative estimate of drug-likeness (QED) is 0.609. The fourth-order valence-corrected chi connectivity index (χ4v) is 3.90. The van der Waals surface area contributed by atoms with Gasteiger partial charge in [0.1, 0.15) is 0 Å². The molecule has 0 saturated carbocycles. The van der Waals surface area contributed by atoms with E-state index in [2.05, 4.69) is 4.90 Å². The summed E-state index contributed by atoms with van der Waals surface area (Å²) in [6.45, 7) is 5.17. The maximum Gasteiger partial charge on any atom is 0.271 e. The summed E-state index contributed by atoms with van der Waals surface area (Å²) in [7, 11) is 0. The van der Waals surface area contributed by atoms with Crippen LogP contribution in [0.2, 0.25) is 5.02 Å². The van der Waals surface area contributed by atoms with E-state index < -0.39 is 4.92 Å². The van der Waals surface area contributed by atoms with Crippen LogP contribution in [-0.2, 0) is 9.47 Å². The fraction of sp³-hybridized carbons (Fsp3) is 0.647. The summed E-state index contributed by atoms with van der Waals surface area (Å²) in [5, 5.41) is 11.4. The smallest absolute Gasteiger partial charge is 0.271 e. The number of halogens is 1. The largest absolute Gasteiger partial charge is 0.381 e. The van der Waals surface area contributed by atoms with E-state index in [-0.39, 0.29) is 11.8 Å². The maximum absolute atomic E-state index is 10.9. The van der Waals surface area contributed by atoms with E-state index in [0.29, 0.717) is 11.1 Å². The highest BCUT2D eigenvalue weighted by atomic mass is 35.5. The van der Waals surface area contributed by atoms with Gasteiger partial charge >= 0.3 is 0 Å². The molecule has 2 fully saturated rings. The molecule has 6 nitrogen and oxygen atoms in total. The monoisotopic (exact) mass is 354 g/mol. The highest BCUT2D eigenvalue weighted by Gasteiger charge is 2.26. The summed E-state index contributed by atoms with van der Waals surface area (Å²) in [6.07, 6.45) is 4.45. The number of non-ortho nitro benzene ring substituents is 1. The molecule has 0 aliphatic carbocycles. The first kappa shape index (κ1) is 17.5. The lowest BCUT2D eigenvalue weighted by molar-refractivity contribution is -0.384. The van der Waals surface area contributed by atoms with Crippen molar-refractivity contribution in [2.24, 2.45) is 0 Å². The molecular weight excluding hydrogens is 332 g/mol. The van der Waals surface area contributed by atoms with E-state index in [9.17, 15) is 10.1 Å². The van der Waals surface area contributed by atoms with E-state index in [4.69, 9.17) is 21.1 Å². The highest BCUT2D eigenvalue weighted by Crippen LogP contribution is 2.35. The molecule has 2 aliphatic rings. The van der Waals surface area contributed by atoms with Crippen molar-refractivity contribution in [3.05, 3.63) is 32.8 Å². The molecule has 2 aliphatic heterocycles. The average Bonchev–Trinajstić information content (AvgIpc) is 2.56. The van der Waals surface area contributed by atoms with Crippen molar-refractivity contribution >= 4 is 23.0 Å². The molecule has 1 aromatic rings. The van der Waals surface area contributed by atoms with Crippen molar-refractivity contribution in [2.75, 3.05) is 31.2 Å². The van der Waals surface area contributed by atoms with Gasteiger partial charge in [-0.05, 0) is 38.2 Å². The molecule has 0 spiro atoms. The molecule has 0 unspecified atom stereocenters. The number of anilines is 1. The van der Waals surface area contributed by atoms with Crippen LogP contribution >= 0.6 is 11.6 Å². The Labute approximate surface area is 146 Å². The van der Waals surface area contributed by atoms with E-state index in [1.165, 1.54) is 6.07 Å². The van der Waals surface area contributed by atoms with Gasteiger partial charge in [-0.1, -0.05) is 11.6 Å². The first-order valence-electron chi connectivity index (χ1n) is 8.47. The molecule has 1 aromatic carbocycles. The van der Waals surface area contributed by atoms with Gasteiger partial charge in [0.15, 0.2) is 0 Å². The molecule has 2 saturated heterocycles. The average molecular weight is 355 g/mol. The van der Waals surface area contributed by atoms with Crippen LogP contribution in [0.25, 0.3) is 0 Å². The summed E-state index contributed by atoms with van der Waals surface area (Å²) < 4.78 is 11.6. The molecule has 2 heterocycles. The number of nitro groups is 1. The minimum Gasteiger partial charge on any atom is -0.381 e. The summed E-state index contributed by atoms with van der Waals surface area (Å²) in [5.41, 5.74) is 1.80. The fourth-order valence-electron chi connectivity index (χ4n) is 3.52. The van der Waals surface area contributed by atoms with Crippen LogP contribution in [0, 0.1) is 17.0 Å². The van der Waals surface area contributed by atoms with Gasteiger partial charge in [-0.15, -0.1) is 0 Å². The van der Waals surface area contributed by atoms with Gasteiger partial charge in [-0.2, -0.15) is 0 Å². The van der Waals surface area contributed by atoms with Crippen molar-refractivity contribution in [1.29, 1.82) is 0 Å². The van der Waals surface area contributed by atoms with Crippen LogP contribution < -0.4 is 4.90 Å². The Morgan fingerprint density at radius 2 is 1.83 bits per heavy atom. The third kappa shape index (κ3) is 3.99. The number of hydrogen-bond acceptors (Lipinski definition) is 5. The lowest BCUT2D eigenvalue weighted by atomic mass is 10.0. The number of ether oxygens (including phenoxy) is 2. The van der Waals surface area contributed by atoms with E-state index in [0.717, 1.165) is 63.2 Å². The molecule has 0 N–H and O–H groups in total. The number of hydrogen-bond donors (Lipinski definition) is 0. The van der Waals surface area contributed by atoms with Crippen LogP contribution in [0.4, 0.5) is 11.4 Å². The van der Waals surface area contributed by atoms with Crippen molar-refractivity contribution in [3.8, 4) is 0 Å². The summed E-state index contributed by atoms with van der Waals surface area (Å²) in [6, 6.07) is 3.03. The van der Waals surface area contributed by atoms with Crippen molar-refractivity contribution in [3.63, 3.8) is 0 Å². The zero-order chi connectivity index (χ0) is 17.1. The molecule has 0 atom stereocenters. The second-order valence-corrected chi connectivity index (χ2v) is 6.89. The van der Waals surface area contributed by atoms with Gasteiger partial charge in [0, 0.05) is 38.4 Å². The minimum absolute atomic E-state index is 0.0407. The Morgan fingerprint density at radius 3 is 2.42 bits per heavy atom. The first-order valence-corrected chi connectivity index (χ1v) is 8.85. The number of piperidine rings is 1. The topological polar surface area (TPSA) is 64.8 Å². The van der Waals surface area contributed by atoms with Crippen LogP contribution in [0.3, 0.4) is 0 Å². The Balaban J connectivity index is 1.61. The van der Waals surface area contributed by atoms with E-state index in [1.54, 1.807) is 6.07 Å². The molecule has 0 aromatic heterocycles. The predicted molar refractivity (Wildman–Crippen MR) is 93.0 cm³/mol. The molecule has 3 rings (SSSR count). The lowest BCUT2D eigenvalue weighted by Gasteiger charge is -2.37. The lowest BCUT2D eigenvalue weighted by Crippen LogP contribution is -2.39. The zero-order valence-electron chi connectivity index (χ0n) is 13.9. The van der Waals surface area contributed by atoms with Crippen LogP contribution in [-0.4, -0.2) is 43.4 Å². The molecule has 24 heavy (non-hydrogen) atoms.